The molecule has 0 aliphatic carbocycles. The summed E-state index contributed by atoms with van der Waals surface area (Å²) < 4.78 is 5.77. The fraction of sp³-hybridized carbons (Fsp3) is 0.500. The standard InChI is InChI=1S/C14H21NO2/c1-11-8-13(10-16)9-12(2)14(11)17-7-5-6-15(3)4/h8-10H,5-7H2,1-4H3. The summed E-state index contributed by atoms with van der Waals surface area (Å²) in [5.74, 6) is 0.911. The molecule has 0 bridgehead atoms. The van der Waals surface area contributed by atoms with Crippen molar-refractivity contribution in [1.29, 1.82) is 0 Å². The molecule has 0 aromatic heterocycles. The molecular weight excluding hydrogens is 214 g/mol. The molecule has 0 saturated heterocycles. The van der Waals surface area contributed by atoms with Gasteiger partial charge in [-0.3, -0.25) is 4.79 Å². The van der Waals surface area contributed by atoms with Gasteiger partial charge in [0.15, 0.2) is 0 Å². The number of hydrogen-bond acceptors (Lipinski definition) is 3. The summed E-state index contributed by atoms with van der Waals surface area (Å²) in [6, 6.07) is 3.72. The Hall–Kier alpha value is -1.35. The Labute approximate surface area is 103 Å². The lowest BCUT2D eigenvalue weighted by atomic mass is 10.1. The molecule has 0 heterocycles. The maximum Gasteiger partial charge on any atom is 0.150 e. The molecule has 0 unspecified atom stereocenters. The number of nitrogens with zero attached hydrogens (tertiary/aromatic N) is 1. The highest BCUT2D eigenvalue weighted by atomic mass is 16.5. The van der Waals surface area contributed by atoms with Gasteiger partial charge in [0.05, 0.1) is 6.61 Å². The number of rotatable bonds is 6. The second kappa shape index (κ2) is 6.40. The van der Waals surface area contributed by atoms with Crippen molar-refractivity contribution in [3.05, 3.63) is 28.8 Å². The van der Waals surface area contributed by atoms with Crippen LogP contribution >= 0.6 is 0 Å². The topological polar surface area (TPSA) is 29.5 Å². The average molecular weight is 235 g/mol. The lowest BCUT2D eigenvalue weighted by Gasteiger charge is -2.14. The van der Waals surface area contributed by atoms with Crippen LogP contribution in [0.4, 0.5) is 0 Å². The van der Waals surface area contributed by atoms with Crippen LogP contribution in [0.1, 0.15) is 27.9 Å². The van der Waals surface area contributed by atoms with Gasteiger partial charge in [-0.25, -0.2) is 0 Å². The minimum atomic E-state index is 0.709. The second-order valence-electron chi connectivity index (χ2n) is 4.61. The van der Waals surface area contributed by atoms with Crippen LogP contribution in [0.2, 0.25) is 0 Å². The van der Waals surface area contributed by atoms with Gasteiger partial charge in [0.2, 0.25) is 0 Å². The van der Waals surface area contributed by atoms with Gasteiger partial charge < -0.3 is 9.64 Å². The molecule has 3 heteroatoms. The zero-order chi connectivity index (χ0) is 12.8. The Morgan fingerprint density at radius 1 is 1.24 bits per heavy atom. The van der Waals surface area contributed by atoms with Gasteiger partial charge in [0, 0.05) is 12.1 Å². The van der Waals surface area contributed by atoms with Crippen LogP contribution in [0.15, 0.2) is 12.1 Å². The predicted molar refractivity (Wildman–Crippen MR) is 70.0 cm³/mol. The van der Waals surface area contributed by atoms with E-state index in [1.807, 2.05) is 26.0 Å². The summed E-state index contributed by atoms with van der Waals surface area (Å²) >= 11 is 0. The summed E-state index contributed by atoms with van der Waals surface area (Å²) in [6.07, 6.45) is 1.87. The Morgan fingerprint density at radius 3 is 2.29 bits per heavy atom. The summed E-state index contributed by atoms with van der Waals surface area (Å²) in [5.41, 5.74) is 2.76. The minimum Gasteiger partial charge on any atom is -0.493 e. The second-order valence-corrected chi connectivity index (χ2v) is 4.61. The molecule has 0 fully saturated rings. The van der Waals surface area contributed by atoms with Crippen molar-refractivity contribution in [1.82, 2.24) is 4.90 Å². The van der Waals surface area contributed by atoms with Gasteiger partial charge in [0.25, 0.3) is 0 Å². The molecule has 17 heavy (non-hydrogen) atoms. The van der Waals surface area contributed by atoms with Gasteiger partial charge in [-0.15, -0.1) is 0 Å². The zero-order valence-corrected chi connectivity index (χ0v) is 11.1. The van der Waals surface area contributed by atoms with Crippen molar-refractivity contribution in [3.63, 3.8) is 0 Å². The van der Waals surface area contributed by atoms with Crippen LogP contribution in [-0.2, 0) is 0 Å². The molecule has 94 valence electrons. The van der Waals surface area contributed by atoms with Crippen molar-refractivity contribution in [2.24, 2.45) is 0 Å². The molecular formula is C14H21NO2. The van der Waals surface area contributed by atoms with Crippen molar-refractivity contribution in [3.8, 4) is 5.75 Å². The summed E-state index contributed by atoms with van der Waals surface area (Å²) in [7, 11) is 4.10. The SMILES string of the molecule is Cc1cc(C=O)cc(C)c1OCCCN(C)C. The van der Waals surface area contributed by atoms with Crippen LogP contribution in [0.25, 0.3) is 0 Å². The van der Waals surface area contributed by atoms with Crippen molar-refractivity contribution in [2.75, 3.05) is 27.2 Å². The molecule has 0 N–H and O–H groups in total. The first kappa shape index (κ1) is 13.7. The summed E-state index contributed by atoms with van der Waals surface area (Å²) in [4.78, 5) is 12.8. The van der Waals surface area contributed by atoms with E-state index < -0.39 is 0 Å². The molecule has 0 aliphatic heterocycles. The number of carbonyl (C=O) groups is 1. The van der Waals surface area contributed by atoms with E-state index in [4.69, 9.17) is 4.74 Å². The number of aryl methyl sites for hydroxylation is 2. The van der Waals surface area contributed by atoms with Crippen molar-refractivity contribution in [2.45, 2.75) is 20.3 Å². The monoisotopic (exact) mass is 235 g/mol. The molecule has 0 spiro atoms. The first-order valence-electron chi connectivity index (χ1n) is 5.88. The number of benzene rings is 1. The average Bonchev–Trinajstić information content (AvgIpc) is 2.26. The molecule has 0 saturated carbocycles. The van der Waals surface area contributed by atoms with Gasteiger partial charge in [0.1, 0.15) is 12.0 Å². The maximum atomic E-state index is 10.7. The zero-order valence-electron chi connectivity index (χ0n) is 11.1. The summed E-state index contributed by atoms with van der Waals surface area (Å²) in [6.45, 7) is 5.67. The van der Waals surface area contributed by atoms with Crippen LogP contribution in [-0.4, -0.2) is 38.4 Å². The van der Waals surface area contributed by atoms with E-state index in [-0.39, 0.29) is 0 Å². The summed E-state index contributed by atoms with van der Waals surface area (Å²) in [5, 5.41) is 0. The van der Waals surface area contributed by atoms with Gasteiger partial charge in [-0.1, -0.05) is 0 Å². The van der Waals surface area contributed by atoms with E-state index >= 15 is 0 Å². The highest BCUT2D eigenvalue weighted by molar-refractivity contribution is 5.76. The van der Waals surface area contributed by atoms with Crippen LogP contribution in [0.3, 0.4) is 0 Å². The molecule has 3 nitrogen and oxygen atoms in total. The third kappa shape index (κ3) is 4.19. The third-order valence-corrected chi connectivity index (χ3v) is 2.61. The Kier molecular flexibility index (Phi) is 5.16. The highest BCUT2D eigenvalue weighted by Gasteiger charge is 2.06. The van der Waals surface area contributed by atoms with E-state index in [1.165, 1.54) is 0 Å². The fourth-order valence-electron chi connectivity index (χ4n) is 1.83. The predicted octanol–water partition coefficient (Wildman–Crippen LogP) is 2.45. The maximum absolute atomic E-state index is 10.7. The smallest absolute Gasteiger partial charge is 0.150 e. The van der Waals surface area contributed by atoms with E-state index in [9.17, 15) is 4.79 Å². The lowest BCUT2D eigenvalue weighted by molar-refractivity contribution is 0.112. The normalized spacial score (nSPS) is 10.6. The quantitative estimate of drug-likeness (QED) is 0.560. The number of carbonyl (C=O) groups excluding carboxylic acids is 1. The lowest BCUT2D eigenvalue weighted by Crippen LogP contribution is -2.15. The molecule has 0 aliphatic rings. The van der Waals surface area contributed by atoms with E-state index in [0.29, 0.717) is 12.2 Å². The molecule has 0 amide bonds. The van der Waals surface area contributed by atoms with Crippen LogP contribution < -0.4 is 4.74 Å². The molecule has 0 radical (unpaired) electrons. The minimum absolute atomic E-state index is 0.709. The highest BCUT2D eigenvalue weighted by Crippen LogP contribution is 2.24. The number of ether oxygens (including phenoxy) is 1. The molecule has 1 aromatic rings. The van der Waals surface area contributed by atoms with E-state index in [2.05, 4.69) is 19.0 Å². The van der Waals surface area contributed by atoms with E-state index in [0.717, 1.165) is 36.1 Å². The molecule has 1 rings (SSSR count). The molecule has 0 atom stereocenters. The number of aldehydes is 1. The van der Waals surface area contributed by atoms with E-state index in [1.54, 1.807) is 0 Å². The van der Waals surface area contributed by atoms with Crippen molar-refractivity contribution >= 4 is 6.29 Å². The third-order valence-electron chi connectivity index (χ3n) is 2.61. The first-order chi connectivity index (χ1) is 8.04. The fourth-order valence-corrected chi connectivity index (χ4v) is 1.83. The largest absolute Gasteiger partial charge is 0.493 e. The first-order valence-corrected chi connectivity index (χ1v) is 5.88. The van der Waals surface area contributed by atoms with Crippen molar-refractivity contribution < 1.29 is 9.53 Å². The van der Waals surface area contributed by atoms with Gasteiger partial charge >= 0.3 is 0 Å². The van der Waals surface area contributed by atoms with Crippen LogP contribution in [0, 0.1) is 13.8 Å². The van der Waals surface area contributed by atoms with Gasteiger partial charge in [-0.2, -0.15) is 0 Å². The van der Waals surface area contributed by atoms with Gasteiger partial charge in [-0.05, 0) is 57.6 Å². The van der Waals surface area contributed by atoms with Crippen LogP contribution in [0.5, 0.6) is 5.75 Å². The number of hydrogen-bond donors (Lipinski definition) is 0. The Balaban J connectivity index is 2.62. The Bertz CT molecular complexity index is 363. The Morgan fingerprint density at radius 2 is 1.82 bits per heavy atom. The molecule has 1 aromatic carbocycles.